The topological polar surface area (TPSA) is 45.2 Å². The second kappa shape index (κ2) is 7.36. The summed E-state index contributed by atoms with van der Waals surface area (Å²) in [4.78, 5) is 19.5. The minimum Gasteiger partial charge on any atom is -0.323 e. The second-order valence-corrected chi connectivity index (χ2v) is 8.74. The monoisotopic (exact) mass is 385 g/mol. The first kappa shape index (κ1) is 19.2. The van der Waals surface area contributed by atoms with E-state index in [2.05, 4.69) is 67.2 Å². The maximum atomic E-state index is 12.6. The number of fused-ring (bicyclic) bond motifs is 1. The van der Waals surface area contributed by atoms with E-state index in [1.165, 1.54) is 16.8 Å². The molecule has 1 unspecified atom stereocenters. The number of aromatic nitrogens is 1. The van der Waals surface area contributed by atoms with Gasteiger partial charge in [0.1, 0.15) is 5.82 Å². The molecule has 29 heavy (non-hydrogen) atoms. The van der Waals surface area contributed by atoms with Gasteiger partial charge in [-0.25, -0.2) is 4.98 Å². The molecule has 2 aromatic carbocycles. The van der Waals surface area contributed by atoms with Crippen molar-refractivity contribution in [3.63, 3.8) is 0 Å². The molecular formula is C25H27N3O. The largest absolute Gasteiger partial charge is 0.323 e. The number of hydrogen-bond acceptors (Lipinski definition) is 3. The van der Waals surface area contributed by atoms with Crippen LogP contribution in [0.1, 0.15) is 49.2 Å². The molecule has 1 amide bonds. The highest BCUT2D eigenvalue weighted by Gasteiger charge is 2.27. The van der Waals surface area contributed by atoms with Crippen molar-refractivity contribution >= 4 is 23.1 Å². The normalized spacial score (nSPS) is 15.9. The lowest BCUT2D eigenvalue weighted by Gasteiger charge is -2.24. The van der Waals surface area contributed by atoms with E-state index < -0.39 is 0 Å². The van der Waals surface area contributed by atoms with Crippen molar-refractivity contribution in [1.82, 2.24) is 4.98 Å². The lowest BCUT2D eigenvalue weighted by Crippen LogP contribution is -2.24. The molecule has 2 heterocycles. The van der Waals surface area contributed by atoms with Crippen LogP contribution in [-0.4, -0.2) is 16.9 Å². The third-order valence-corrected chi connectivity index (χ3v) is 5.47. The molecule has 0 spiro atoms. The highest BCUT2D eigenvalue weighted by molar-refractivity contribution is 6.04. The van der Waals surface area contributed by atoms with Crippen LogP contribution < -0.4 is 10.2 Å². The van der Waals surface area contributed by atoms with Crippen LogP contribution in [-0.2, 0) is 11.8 Å². The van der Waals surface area contributed by atoms with Crippen molar-refractivity contribution in [2.75, 3.05) is 10.2 Å². The number of amides is 1. The zero-order valence-corrected chi connectivity index (χ0v) is 17.4. The van der Waals surface area contributed by atoms with E-state index in [-0.39, 0.29) is 11.3 Å². The molecule has 0 bridgehead atoms. The van der Waals surface area contributed by atoms with E-state index in [0.717, 1.165) is 12.2 Å². The third-order valence-electron chi connectivity index (χ3n) is 5.47. The Labute approximate surface area is 172 Å². The summed E-state index contributed by atoms with van der Waals surface area (Å²) in [5.41, 5.74) is 5.17. The van der Waals surface area contributed by atoms with Crippen molar-refractivity contribution in [1.29, 1.82) is 0 Å². The van der Waals surface area contributed by atoms with Gasteiger partial charge < -0.3 is 10.2 Å². The highest BCUT2D eigenvalue weighted by atomic mass is 16.1. The molecule has 0 radical (unpaired) electrons. The molecule has 4 nitrogen and oxygen atoms in total. The molecule has 1 atom stereocenters. The van der Waals surface area contributed by atoms with E-state index in [1.54, 1.807) is 6.20 Å². The maximum absolute atomic E-state index is 12.6. The third kappa shape index (κ3) is 3.88. The quantitative estimate of drug-likeness (QED) is 0.628. The van der Waals surface area contributed by atoms with Crippen LogP contribution in [0.3, 0.4) is 0 Å². The number of hydrogen-bond donors (Lipinski definition) is 1. The van der Waals surface area contributed by atoms with Crippen molar-refractivity contribution in [3.05, 3.63) is 83.6 Å². The number of carbonyl (C=O) groups is 1. The van der Waals surface area contributed by atoms with Crippen LogP contribution in [0.5, 0.6) is 0 Å². The van der Waals surface area contributed by atoms with E-state index in [4.69, 9.17) is 0 Å². The van der Waals surface area contributed by atoms with Crippen LogP contribution in [0.25, 0.3) is 0 Å². The summed E-state index contributed by atoms with van der Waals surface area (Å²) >= 11 is 0. The summed E-state index contributed by atoms with van der Waals surface area (Å²) in [7, 11) is 0. The van der Waals surface area contributed by atoms with Gasteiger partial charge in [0.2, 0.25) is 0 Å². The number of para-hydroxylation sites is 1. The van der Waals surface area contributed by atoms with Crippen LogP contribution in [0.2, 0.25) is 0 Å². The average Bonchev–Trinajstić information content (AvgIpc) is 3.04. The standard InChI is InChI=1S/C25H27N3O/c1-17-15-19-7-5-6-8-22(19)28(17)23-14-13-21(16-26-23)27-24(29)18-9-11-20(12-10-18)25(2,3)4/h5-14,16-17H,15H2,1-4H3,(H,27,29). The number of benzene rings is 2. The minimum absolute atomic E-state index is 0.0695. The Hall–Kier alpha value is -3.14. The molecule has 4 heteroatoms. The van der Waals surface area contributed by atoms with Gasteiger partial charge in [-0.1, -0.05) is 51.1 Å². The van der Waals surface area contributed by atoms with Gasteiger partial charge >= 0.3 is 0 Å². The lowest BCUT2D eigenvalue weighted by atomic mass is 9.87. The average molecular weight is 386 g/mol. The molecule has 0 saturated heterocycles. The zero-order valence-electron chi connectivity index (χ0n) is 17.4. The van der Waals surface area contributed by atoms with E-state index in [1.807, 2.05) is 36.4 Å². The Morgan fingerprint density at radius 3 is 2.41 bits per heavy atom. The fourth-order valence-corrected chi connectivity index (χ4v) is 3.84. The molecule has 3 aromatic rings. The van der Waals surface area contributed by atoms with Crippen LogP contribution in [0.4, 0.5) is 17.2 Å². The number of nitrogens with one attached hydrogen (secondary N) is 1. The summed E-state index contributed by atoms with van der Waals surface area (Å²) in [5, 5.41) is 2.94. The predicted octanol–water partition coefficient (Wildman–Crippen LogP) is 5.71. The molecule has 1 aliphatic heterocycles. The van der Waals surface area contributed by atoms with Gasteiger partial charge in [-0.2, -0.15) is 0 Å². The van der Waals surface area contributed by atoms with Crippen LogP contribution in [0.15, 0.2) is 66.9 Å². The van der Waals surface area contributed by atoms with Crippen molar-refractivity contribution < 1.29 is 4.79 Å². The van der Waals surface area contributed by atoms with Gasteiger partial charge in [-0.3, -0.25) is 4.79 Å². The molecule has 0 saturated carbocycles. The molecule has 4 rings (SSSR count). The molecule has 0 aliphatic carbocycles. The Morgan fingerprint density at radius 2 is 1.76 bits per heavy atom. The number of carbonyl (C=O) groups excluding carboxylic acids is 1. The highest BCUT2D eigenvalue weighted by Crippen LogP contribution is 2.37. The Bertz CT molecular complexity index is 1020. The summed E-state index contributed by atoms with van der Waals surface area (Å²) < 4.78 is 0. The summed E-state index contributed by atoms with van der Waals surface area (Å²) in [6.07, 6.45) is 2.74. The van der Waals surface area contributed by atoms with Gasteiger partial charge in [0.05, 0.1) is 11.9 Å². The first-order valence-corrected chi connectivity index (χ1v) is 10.1. The maximum Gasteiger partial charge on any atom is 0.255 e. The smallest absolute Gasteiger partial charge is 0.255 e. The number of rotatable bonds is 3. The minimum atomic E-state index is -0.125. The van der Waals surface area contributed by atoms with Crippen LogP contribution in [0, 0.1) is 0 Å². The van der Waals surface area contributed by atoms with Gasteiger partial charge in [0, 0.05) is 17.3 Å². The molecule has 1 aromatic heterocycles. The van der Waals surface area contributed by atoms with Gasteiger partial charge in [-0.05, 0) is 60.2 Å². The SMILES string of the molecule is CC1Cc2ccccc2N1c1ccc(NC(=O)c2ccc(C(C)(C)C)cc2)cn1. The van der Waals surface area contributed by atoms with Gasteiger partial charge in [0.25, 0.3) is 5.91 Å². The Morgan fingerprint density at radius 1 is 1.03 bits per heavy atom. The van der Waals surface area contributed by atoms with E-state index in [9.17, 15) is 4.79 Å². The van der Waals surface area contributed by atoms with Crippen molar-refractivity contribution in [2.45, 2.75) is 45.6 Å². The number of nitrogens with zero attached hydrogens (tertiary/aromatic N) is 2. The van der Waals surface area contributed by atoms with Gasteiger partial charge in [-0.15, -0.1) is 0 Å². The molecule has 1 N–H and O–H groups in total. The Balaban J connectivity index is 1.48. The summed E-state index contributed by atoms with van der Waals surface area (Å²) in [6.45, 7) is 8.69. The van der Waals surface area contributed by atoms with Crippen molar-refractivity contribution in [2.24, 2.45) is 0 Å². The first-order chi connectivity index (χ1) is 13.8. The van der Waals surface area contributed by atoms with Gasteiger partial charge in [0.15, 0.2) is 0 Å². The van der Waals surface area contributed by atoms with Crippen molar-refractivity contribution in [3.8, 4) is 0 Å². The zero-order chi connectivity index (χ0) is 20.6. The lowest BCUT2D eigenvalue weighted by molar-refractivity contribution is 0.102. The fraction of sp³-hybridized carbons (Fsp3) is 0.280. The predicted molar refractivity (Wildman–Crippen MR) is 119 cm³/mol. The molecule has 0 fully saturated rings. The molecule has 1 aliphatic rings. The number of pyridine rings is 1. The van der Waals surface area contributed by atoms with Crippen LogP contribution >= 0.6 is 0 Å². The Kier molecular flexibility index (Phi) is 4.87. The fourth-order valence-electron chi connectivity index (χ4n) is 3.84. The second-order valence-electron chi connectivity index (χ2n) is 8.74. The summed E-state index contributed by atoms with van der Waals surface area (Å²) in [6, 6.07) is 20.5. The molecule has 148 valence electrons. The van der Waals surface area contributed by atoms with E-state index in [0.29, 0.717) is 17.3 Å². The first-order valence-electron chi connectivity index (χ1n) is 10.1. The van der Waals surface area contributed by atoms with E-state index >= 15 is 0 Å². The summed E-state index contributed by atoms with van der Waals surface area (Å²) in [5.74, 6) is 0.773. The molecular weight excluding hydrogens is 358 g/mol. The number of anilines is 3.